The summed E-state index contributed by atoms with van der Waals surface area (Å²) < 4.78 is 5.24. The smallest absolute Gasteiger partial charge is 0.408 e. The normalized spacial score (nSPS) is 18.6. The van der Waals surface area contributed by atoms with Gasteiger partial charge in [0.25, 0.3) is 0 Å². The number of carbonyl (C=O) groups is 1. The van der Waals surface area contributed by atoms with E-state index in [1.165, 1.54) is 5.56 Å². The highest BCUT2D eigenvalue weighted by molar-refractivity contribution is 5.68. The number of nitrogens with one attached hydrogen (secondary N) is 1. The Morgan fingerprint density at radius 2 is 2.29 bits per heavy atom. The summed E-state index contributed by atoms with van der Waals surface area (Å²) in [4.78, 5) is 16.0. The van der Waals surface area contributed by atoms with Gasteiger partial charge in [-0.1, -0.05) is 6.07 Å². The molecule has 0 bridgehead atoms. The zero-order valence-corrected chi connectivity index (χ0v) is 10.5. The lowest BCUT2D eigenvalue weighted by Gasteiger charge is -2.21. The maximum atomic E-state index is 11.7. The van der Waals surface area contributed by atoms with Crippen molar-refractivity contribution in [3.05, 3.63) is 29.6 Å². The lowest BCUT2D eigenvalue weighted by Crippen LogP contribution is -2.34. The van der Waals surface area contributed by atoms with Crippen molar-refractivity contribution in [2.75, 3.05) is 0 Å². The van der Waals surface area contributed by atoms with E-state index in [2.05, 4.69) is 16.4 Å². The third kappa shape index (κ3) is 2.96. The van der Waals surface area contributed by atoms with Crippen molar-refractivity contribution in [2.45, 2.75) is 45.3 Å². The van der Waals surface area contributed by atoms with E-state index in [0.29, 0.717) is 0 Å². The molecule has 1 atom stereocenters. The minimum Gasteiger partial charge on any atom is -0.444 e. The molecule has 0 fully saturated rings. The molecule has 4 heteroatoms. The predicted octanol–water partition coefficient (Wildman–Crippen LogP) is 2.59. The van der Waals surface area contributed by atoms with Gasteiger partial charge in [0.2, 0.25) is 0 Å². The monoisotopic (exact) mass is 234 g/mol. The molecule has 1 aliphatic carbocycles. The molecular formula is C13H18N2O2. The van der Waals surface area contributed by atoms with Gasteiger partial charge in [-0.25, -0.2) is 4.79 Å². The van der Waals surface area contributed by atoms with Crippen LogP contribution in [-0.2, 0) is 11.2 Å². The maximum absolute atomic E-state index is 11.7. The highest BCUT2D eigenvalue weighted by Gasteiger charge is 2.26. The van der Waals surface area contributed by atoms with Crippen LogP contribution in [0.25, 0.3) is 0 Å². The summed E-state index contributed by atoms with van der Waals surface area (Å²) in [5.41, 5.74) is 1.72. The third-order valence-corrected chi connectivity index (χ3v) is 2.65. The van der Waals surface area contributed by atoms with E-state index in [0.717, 1.165) is 18.5 Å². The van der Waals surface area contributed by atoms with Gasteiger partial charge >= 0.3 is 6.09 Å². The van der Waals surface area contributed by atoms with Crippen LogP contribution in [0.1, 0.15) is 44.5 Å². The summed E-state index contributed by atoms with van der Waals surface area (Å²) in [5.74, 6) is 0. The van der Waals surface area contributed by atoms with Gasteiger partial charge in [0.15, 0.2) is 0 Å². The number of ether oxygens (including phenoxy) is 1. The van der Waals surface area contributed by atoms with Gasteiger partial charge < -0.3 is 10.1 Å². The number of rotatable bonds is 1. The van der Waals surface area contributed by atoms with Crippen LogP contribution in [0.4, 0.5) is 4.79 Å². The maximum Gasteiger partial charge on any atom is 0.408 e. The van der Waals surface area contributed by atoms with E-state index >= 15 is 0 Å². The molecule has 0 saturated carbocycles. The number of hydrogen-bond donors (Lipinski definition) is 1. The summed E-state index contributed by atoms with van der Waals surface area (Å²) in [6.45, 7) is 5.56. The molecule has 1 amide bonds. The molecule has 0 radical (unpaired) electrons. The van der Waals surface area contributed by atoms with Crippen molar-refractivity contribution < 1.29 is 9.53 Å². The standard InChI is InChI=1S/C13H18N2O2/c1-13(2,3)17-12(16)15-10-7-6-9-5-4-8-14-11(9)10/h4-5,8,10H,6-7H2,1-3H3,(H,15,16). The molecule has 1 aromatic heterocycles. The summed E-state index contributed by atoms with van der Waals surface area (Å²) in [6, 6.07) is 3.97. The van der Waals surface area contributed by atoms with Gasteiger partial charge in [-0.2, -0.15) is 0 Å². The molecule has 1 heterocycles. The predicted molar refractivity (Wildman–Crippen MR) is 64.7 cm³/mol. The zero-order valence-electron chi connectivity index (χ0n) is 10.5. The lowest BCUT2D eigenvalue weighted by atomic mass is 10.2. The van der Waals surface area contributed by atoms with Crippen molar-refractivity contribution in [3.63, 3.8) is 0 Å². The number of hydrogen-bond acceptors (Lipinski definition) is 3. The molecule has 17 heavy (non-hydrogen) atoms. The Hall–Kier alpha value is -1.58. The Bertz CT molecular complexity index is 424. The van der Waals surface area contributed by atoms with E-state index in [1.54, 1.807) is 6.20 Å². The molecular weight excluding hydrogens is 216 g/mol. The Morgan fingerprint density at radius 3 is 3.00 bits per heavy atom. The number of aryl methyl sites for hydroxylation is 1. The van der Waals surface area contributed by atoms with Gasteiger partial charge in [-0.15, -0.1) is 0 Å². The Kier molecular flexibility index (Phi) is 3.05. The molecule has 4 nitrogen and oxygen atoms in total. The number of nitrogens with zero attached hydrogens (tertiary/aromatic N) is 1. The van der Waals surface area contributed by atoms with Gasteiger partial charge in [-0.3, -0.25) is 4.98 Å². The SMILES string of the molecule is CC(C)(C)OC(=O)NC1CCc2cccnc21. The van der Waals surface area contributed by atoms with E-state index in [1.807, 2.05) is 26.8 Å². The van der Waals surface area contributed by atoms with Crippen LogP contribution in [0, 0.1) is 0 Å². The van der Waals surface area contributed by atoms with E-state index in [9.17, 15) is 4.79 Å². The van der Waals surface area contributed by atoms with Crippen molar-refractivity contribution in [1.82, 2.24) is 10.3 Å². The average molecular weight is 234 g/mol. The minimum absolute atomic E-state index is 0.0129. The van der Waals surface area contributed by atoms with Crippen LogP contribution in [-0.4, -0.2) is 16.7 Å². The highest BCUT2D eigenvalue weighted by atomic mass is 16.6. The fourth-order valence-corrected chi connectivity index (χ4v) is 2.00. The lowest BCUT2D eigenvalue weighted by molar-refractivity contribution is 0.0503. The van der Waals surface area contributed by atoms with Gasteiger partial charge in [0.05, 0.1) is 11.7 Å². The van der Waals surface area contributed by atoms with Crippen LogP contribution in [0.2, 0.25) is 0 Å². The Balaban J connectivity index is 2.00. The fraction of sp³-hybridized carbons (Fsp3) is 0.538. The topological polar surface area (TPSA) is 51.2 Å². The number of fused-ring (bicyclic) bond motifs is 1. The molecule has 0 spiro atoms. The molecule has 92 valence electrons. The van der Waals surface area contributed by atoms with Gasteiger partial charge in [0.1, 0.15) is 5.60 Å². The molecule has 0 aromatic carbocycles. The van der Waals surface area contributed by atoms with Gasteiger partial charge in [0, 0.05) is 6.20 Å². The third-order valence-electron chi connectivity index (χ3n) is 2.65. The number of amides is 1. The van der Waals surface area contributed by atoms with E-state index in [4.69, 9.17) is 4.74 Å². The van der Waals surface area contributed by atoms with Crippen LogP contribution in [0.5, 0.6) is 0 Å². The first-order chi connectivity index (χ1) is 7.96. The molecule has 1 unspecified atom stereocenters. The second-order valence-electron chi connectivity index (χ2n) is 5.29. The van der Waals surface area contributed by atoms with Crippen molar-refractivity contribution in [1.29, 1.82) is 0 Å². The highest BCUT2D eigenvalue weighted by Crippen LogP contribution is 2.28. The first kappa shape index (κ1) is 11.9. The quantitative estimate of drug-likeness (QED) is 0.812. The van der Waals surface area contributed by atoms with Gasteiger partial charge in [-0.05, 0) is 45.2 Å². The average Bonchev–Trinajstić information content (AvgIpc) is 2.59. The first-order valence-corrected chi connectivity index (χ1v) is 5.89. The molecule has 1 aliphatic rings. The zero-order chi connectivity index (χ0) is 12.5. The number of alkyl carbamates (subject to hydrolysis) is 1. The largest absolute Gasteiger partial charge is 0.444 e. The number of aromatic nitrogens is 1. The van der Waals surface area contributed by atoms with Crippen LogP contribution < -0.4 is 5.32 Å². The first-order valence-electron chi connectivity index (χ1n) is 5.89. The van der Waals surface area contributed by atoms with Crippen LogP contribution >= 0.6 is 0 Å². The summed E-state index contributed by atoms with van der Waals surface area (Å²) in [6.07, 6.45) is 3.24. The molecule has 2 rings (SSSR count). The van der Waals surface area contributed by atoms with Crippen molar-refractivity contribution >= 4 is 6.09 Å². The molecule has 1 N–H and O–H groups in total. The second-order valence-corrected chi connectivity index (χ2v) is 5.29. The van der Waals surface area contributed by atoms with Crippen LogP contribution in [0.15, 0.2) is 18.3 Å². The molecule has 0 aliphatic heterocycles. The van der Waals surface area contributed by atoms with E-state index < -0.39 is 5.60 Å². The molecule has 1 aromatic rings. The van der Waals surface area contributed by atoms with Crippen molar-refractivity contribution in [3.8, 4) is 0 Å². The Morgan fingerprint density at radius 1 is 1.53 bits per heavy atom. The minimum atomic E-state index is -0.463. The number of carbonyl (C=O) groups excluding carboxylic acids is 1. The van der Waals surface area contributed by atoms with Crippen LogP contribution in [0.3, 0.4) is 0 Å². The summed E-state index contributed by atoms with van der Waals surface area (Å²) in [7, 11) is 0. The Labute approximate surface area is 101 Å². The number of pyridine rings is 1. The van der Waals surface area contributed by atoms with E-state index in [-0.39, 0.29) is 12.1 Å². The fourth-order valence-electron chi connectivity index (χ4n) is 2.00. The van der Waals surface area contributed by atoms with Crippen molar-refractivity contribution in [2.24, 2.45) is 0 Å². The second kappa shape index (κ2) is 4.35. The summed E-state index contributed by atoms with van der Waals surface area (Å²) in [5, 5.41) is 2.87. The molecule has 0 saturated heterocycles. The summed E-state index contributed by atoms with van der Waals surface area (Å²) >= 11 is 0.